The molecule has 0 bridgehead atoms. The van der Waals surface area contributed by atoms with E-state index in [1.54, 1.807) is 0 Å². The van der Waals surface area contributed by atoms with Gasteiger partial charge in [-0.25, -0.2) is 0 Å². The molecular formula is C13H20F3NO3. The number of nitrogens with one attached hydrogen (secondary N) is 1. The van der Waals surface area contributed by atoms with Crippen LogP contribution in [0, 0.1) is 17.8 Å². The molecule has 3 atom stereocenters. The van der Waals surface area contributed by atoms with Gasteiger partial charge in [0.05, 0.1) is 11.8 Å². The average Bonchev–Trinajstić information content (AvgIpc) is 2.77. The third-order valence-electron chi connectivity index (χ3n) is 3.83. The van der Waals surface area contributed by atoms with E-state index in [2.05, 4.69) is 5.32 Å². The molecule has 20 heavy (non-hydrogen) atoms. The van der Waals surface area contributed by atoms with Gasteiger partial charge in [-0.3, -0.25) is 9.59 Å². The Morgan fingerprint density at radius 3 is 2.35 bits per heavy atom. The van der Waals surface area contributed by atoms with Crippen molar-refractivity contribution in [3.05, 3.63) is 0 Å². The van der Waals surface area contributed by atoms with Gasteiger partial charge in [-0.2, -0.15) is 13.2 Å². The molecule has 0 spiro atoms. The smallest absolute Gasteiger partial charge is 0.389 e. The lowest BCUT2D eigenvalue weighted by molar-refractivity contribution is -0.146. The van der Waals surface area contributed by atoms with Crippen molar-refractivity contribution in [3.63, 3.8) is 0 Å². The van der Waals surface area contributed by atoms with E-state index in [9.17, 15) is 22.8 Å². The molecule has 0 heterocycles. The van der Waals surface area contributed by atoms with Gasteiger partial charge in [-0.05, 0) is 25.2 Å². The first-order valence-corrected chi connectivity index (χ1v) is 6.81. The van der Waals surface area contributed by atoms with Gasteiger partial charge in [0.25, 0.3) is 0 Å². The molecule has 2 N–H and O–H groups in total. The molecule has 1 saturated carbocycles. The van der Waals surface area contributed by atoms with Crippen molar-refractivity contribution >= 4 is 11.9 Å². The van der Waals surface area contributed by atoms with Gasteiger partial charge >= 0.3 is 12.1 Å². The Morgan fingerprint density at radius 2 is 1.85 bits per heavy atom. The molecular weight excluding hydrogens is 275 g/mol. The van der Waals surface area contributed by atoms with Gasteiger partial charge < -0.3 is 10.4 Å². The summed E-state index contributed by atoms with van der Waals surface area (Å²) < 4.78 is 35.9. The number of hydrogen-bond acceptors (Lipinski definition) is 2. The lowest BCUT2D eigenvalue weighted by atomic mass is 9.95. The van der Waals surface area contributed by atoms with Gasteiger partial charge in [-0.15, -0.1) is 0 Å². The zero-order valence-electron chi connectivity index (χ0n) is 11.4. The van der Waals surface area contributed by atoms with Crippen LogP contribution in [0.25, 0.3) is 0 Å². The summed E-state index contributed by atoms with van der Waals surface area (Å²) >= 11 is 0. The predicted octanol–water partition coefficient (Wildman–Crippen LogP) is 2.58. The van der Waals surface area contributed by atoms with Crippen LogP contribution in [0.5, 0.6) is 0 Å². The Morgan fingerprint density at radius 1 is 1.25 bits per heavy atom. The van der Waals surface area contributed by atoms with Crippen molar-refractivity contribution in [2.45, 2.75) is 45.2 Å². The van der Waals surface area contributed by atoms with Crippen LogP contribution in [0.4, 0.5) is 13.2 Å². The Kier molecular flexibility index (Phi) is 5.83. The molecule has 0 radical (unpaired) electrons. The molecule has 7 heteroatoms. The van der Waals surface area contributed by atoms with Crippen molar-refractivity contribution in [2.75, 3.05) is 6.54 Å². The summed E-state index contributed by atoms with van der Waals surface area (Å²) in [6.45, 7) is 1.87. The topological polar surface area (TPSA) is 66.4 Å². The zero-order chi connectivity index (χ0) is 15.3. The third kappa shape index (κ3) is 5.02. The van der Waals surface area contributed by atoms with Crippen LogP contribution in [0.2, 0.25) is 0 Å². The van der Waals surface area contributed by atoms with Crippen molar-refractivity contribution in [1.82, 2.24) is 5.32 Å². The largest absolute Gasteiger partial charge is 0.481 e. The van der Waals surface area contributed by atoms with E-state index < -0.39 is 36.3 Å². The summed E-state index contributed by atoms with van der Waals surface area (Å²) in [5, 5.41) is 11.5. The van der Waals surface area contributed by atoms with Gasteiger partial charge in [0.15, 0.2) is 0 Å². The predicted molar refractivity (Wildman–Crippen MR) is 65.9 cm³/mol. The third-order valence-corrected chi connectivity index (χ3v) is 3.83. The highest BCUT2D eigenvalue weighted by atomic mass is 19.4. The molecule has 1 aliphatic carbocycles. The van der Waals surface area contributed by atoms with Crippen LogP contribution >= 0.6 is 0 Å². The fraction of sp³-hybridized carbons (Fsp3) is 0.846. The molecule has 0 aromatic heterocycles. The van der Waals surface area contributed by atoms with Gasteiger partial charge in [0.2, 0.25) is 5.91 Å². The molecule has 0 aliphatic heterocycles. The minimum Gasteiger partial charge on any atom is -0.481 e. The van der Waals surface area contributed by atoms with Crippen molar-refractivity contribution in [1.29, 1.82) is 0 Å². The number of carboxylic acids is 1. The zero-order valence-corrected chi connectivity index (χ0v) is 11.4. The Hall–Kier alpha value is -1.27. The minimum absolute atomic E-state index is 0.0715. The molecule has 1 amide bonds. The van der Waals surface area contributed by atoms with E-state index >= 15 is 0 Å². The van der Waals surface area contributed by atoms with Gasteiger partial charge in [-0.1, -0.05) is 13.3 Å². The van der Waals surface area contributed by atoms with E-state index in [0.717, 1.165) is 6.42 Å². The number of aliphatic carboxylic acids is 1. The normalized spacial score (nSPS) is 26.5. The van der Waals surface area contributed by atoms with Crippen molar-refractivity contribution < 1.29 is 27.9 Å². The maximum atomic E-state index is 12.0. The van der Waals surface area contributed by atoms with E-state index in [-0.39, 0.29) is 18.9 Å². The summed E-state index contributed by atoms with van der Waals surface area (Å²) in [5.41, 5.74) is 0. The fourth-order valence-electron chi connectivity index (χ4n) is 2.67. The summed E-state index contributed by atoms with van der Waals surface area (Å²) in [6, 6.07) is 0. The summed E-state index contributed by atoms with van der Waals surface area (Å²) in [4.78, 5) is 23.0. The molecule has 0 aromatic carbocycles. The first kappa shape index (κ1) is 16.8. The molecule has 0 saturated heterocycles. The van der Waals surface area contributed by atoms with Gasteiger partial charge in [0, 0.05) is 13.0 Å². The SMILES string of the molecule is CCC1CC(C(=O)O)C(C(=O)NCCCC(F)(F)F)C1. The highest BCUT2D eigenvalue weighted by Gasteiger charge is 2.41. The highest BCUT2D eigenvalue weighted by molar-refractivity contribution is 5.85. The molecule has 1 rings (SSSR count). The fourth-order valence-corrected chi connectivity index (χ4v) is 2.67. The number of hydrogen-bond donors (Lipinski definition) is 2. The molecule has 1 aliphatic rings. The Bertz CT molecular complexity index is 357. The van der Waals surface area contributed by atoms with E-state index in [4.69, 9.17) is 5.11 Å². The van der Waals surface area contributed by atoms with Crippen molar-refractivity contribution in [3.8, 4) is 0 Å². The van der Waals surface area contributed by atoms with E-state index in [1.165, 1.54) is 0 Å². The second kappa shape index (κ2) is 6.95. The first-order valence-electron chi connectivity index (χ1n) is 6.81. The maximum absolute atomic E-state index is 12.0. The Labute approximate surface area is 115 Å². The van der Waals surface area contributed by atoms with Crippen molar-refractivity contribution in [2.24, 2.45) is 17.8 Å². The van der Waals surface area contributed by atoms with Gasteiger partial charge in [0.1, 0.15) is 0 Å². The van der Waals surface area contributed by atoms with Crippen LogP contribution in [0.3, 0.4) is 0 Å². The highest BCUT2D eigenvalue weighted by Crippen LogP contribution is 2.38. The van der Waals surface area contributed by atoms with Crippen LogP contribution in [0.1, 0.15) is 39.0 Å². The van der Waals surface area contributed by atoms with Crippen LogP contribution in [-0.2, 0) is 9.59 Å². The summed E-state index contributed by atoms with van der Waals surface area (Å²) in [6.07, 6.45) is -3.59. The number of carbonyl (C=O) groups is 2. The number of alkyl halides is 3. The number of amides is 1. The summed E-state index contributed by atoms with van der Waals surface area (Å²) in [7, 11) is 0. The molecule has 3 unspecified atom stereocenters. The monoisotopic (exact) mass is 295 g/mol. The maximum Gasteiger partial charge on any atom is 0.389 e. The van der Waals surface area contributed by atoms with Crippen LogP contribution in [-0.4, -0.2) is 29.7 Å². The standard InChI is InChI=1S/C13H20F3NO3/c1-2-8-6-9(10(7-8)12(19)20)11(18)17-5-3-4-13(14,15)16/h8-10H,2-7H2,1H3,(H,17,18)(H,19,20). The second-order valence-electron chi connectivity index (χ2n) is 5.31. The molecule has 4 nitrogen and oxygen atoms in total. The number of carbonyl (C=O) groups excluding carboxylic acids is 1. The molecule has 0 aromatic rings. The van der Waals surface area contributed by atoms with Crippen LogP contribution in [0.15, 0.2) is 0 Å². The molecule has 116 valence electrons. The summed E-state index contributed by atoms with van der Waals surface area (Å²) in [5.74, 6) is -2.58. The van der Waals surface area contributed by atoms with E-state index in [1.807, 2.05) is 6.92 Å². The average molecular weight is 295 g/mol. The lowest BCUT2D eigenvalue weighted by Gasteiger charge is -2.15. The quantitative estimate of drug-likeness (QED) is 0.740. The number of halogens is 3. The first-order chi connectivity index (χ1) is 9.24. The number of rotatable bonds is 6. The second-order valence-corrected chi connectivity index (χ2v) is 5.31. The Balaban J connectivity index is 2.43. The van der Waals surface area contributed by atoms with E-state index in [0.29, 0.717) is 12.8 Å². The minimum atomic E-state index is -4.23. The number of carboxylic acid groups (broad SMARTS) is 1. The lowest BCUT2D eigenvalue weighted by Crippen LogP contribution is -2.36. The molecule has 1 fully saturated rings. The van der Waals surface area contributed by atoms with Crippen LogP contribution < -0.4 is 5.32 Å².